The topological polar surface area (TPSA) is 75.9 Å². The largest absolute Gasteiger partial charge is 0.355 e. The van der Waals surface area contributed by atoms with Gasteiger partial charge >= 0.3 is 0 Å². The van der Waals surface area contributed by atoms with Crippen LogP contribution < -0.4 is 10.2 Å². The molecule has 0 saturated carbocycles. The van der Waals surface area contributed by atoms with Crippen molar-refractivity contribution < 1.29 is 4.79 Å². The highest BCUT2D eigenvalue weighted by Crippen LogP contribution is 2.19. The van der Waals surface area contributed by atoms with E-state index in [1.54, 1.807) is 23.4 Å². The smallest absolute Gasteiger partial charge is 0.275 e. The van der Waals surface area contributed by atoms with Crippen LogP contribution in [0.3, 0.4) is 0 Å². The minimum Gasteiger partial charge on any atom is -0.355 e. The van der Waals surface area contributed by atoms with Gasteiger partial charge in [0.1, 0.15) is 30.0 Å². The second kappa shape index (κ2) is 7.79. The third kappa shape index (κ3) is 4.11. The summed E-state index contributed by atoms with van der Waals surface area (Å²) in [7, 11) is 0. The van der Waals surface area contributed by atoms with Crippen molar-refractivity contribution in [2.45, 2.75) is 6.92 Å². The Kier molecular flexibility index (Phi) is 5.06. The normalized spacial score (nSPS) is 14.2. The van der Waals surface area contributed by atoms with Crippen LogP contribution in [0.25, 0.3) is 5.82 Å². The van der Waals surface area contributed by atoms with Crippen LogP contribution >= 0.6 is 11.8 Å². The Morgan fingerprint density at radius 2 is 1.93 bits per heavy atom. The fourth-order valence-electron chi connectivity index (χ4n) is 2.93. The molecular weight excluding hydrogens is 360 g/mol. The quantitative estimate of drug-likeness (QED) is 0.750. The highest BCUT2D eigenvalue weighted by molar-refractivity contribution is 7.99. The minimum atomic E-state index is -0.248. The highest BCUT2D eigenvalue weighted by atomic mass is 32.2. The van der Waals surface area contributed by atoms with Gasteiger partial charge in [0.2, 0.25) is 0 Å². The predicted octanol–water partition coefficient (Wildman–Crippen LogP) is 2.78. The Balaban J connectivity index is 1.51. The van der Waals surface area contributed by atoms with E-state index < -0.39 is 0 Å². The van der Waals surface area contributed by atoms with Gasteiger partial charge < -0.3 is 10.2 Å². The zero-order chi connectivity index (χ0) is 18.6. The van der Waals surface area contributed by atoms with Crippen LogP contribution in [0.5, 0.6) is 0 Å². The van der Waals surface area contributed by atoms with Crippen molar-refractivity contribution in [2.75, 3.05) is 34.8 Å². The summed E-state index contributed by atoms with van der Waals surface area (Å²) >= 11 is 1.96. The number of nitrogens with zero attached hydrogens (tertiary/aromatic N) is 5. The summed E-state index contributed by atoms with van der Waals surface area (Å²) < 4.78 is 1.75. The number of nitrogens with one attached hydrogen (secondary N) is 1. The Morgan fingerprint density at radius 3 is 2.74 bits per heavy atom. The molecule has 2 aromatic heterocycles. The summed E-state index contributed by atoms with van der Waals surface area (Å²) in [4.78, 5) is 27.6. The van der Waals surface area contributed by atoms with E-state index in [0.29, 0.717) is 11.5 Å². The maximum atomic E-state index is 12.5. The minimum absolute atomic E-state index is 0.248. The first-order valence-corrected chi connectivity index (χ1v) is 9.92. The van der Waals surface area contributed by atoms with Gasteiger partial charge in [-0.3, -0.25) is 9.36 Å². The van der Waals surface area contributed by atoms with Crippen LogP contribution in [0, 0.1) is 6.92 Å². The molecule has 0 unspecified atom stereocenters. The number of hydrogen-bond donors (Lipinski definition) is 1. The van der Waals surface area contributed by atoms with Crippen LogP contribution in [0.2, 0.25) is 0 Å². The number of carbonyl (C=O) groups is 1. The van der Waals surface area contributed by atoms with Crippen molar-refractivity contribution in [3.8, 4) is 5.82 Å². The Labute approximate surface area is 161 Å². The van der Waals surface area contributed by atoms with Gasteiger partial charge in [0.25, 0.3) is 5.91 Å². The molecule has 1 aliphatic heterocycles. The molecule has 0 atom stereocenters. The predicted molar refractivity (Wildman–Crippen MR) is 108 cm³/mol. The number of thioether (sulfide) groups is 1. The van der Waals surface area contributed by atoms with Gasteiger partial charge in [-0.25, -0.2) is 15.0 Å². The number of carbonyl (C=O) groups excluding carboxylic acids is 1. The molecule has 3 heterocycles. The van der Waals surface area contributed by atoms with Crippen LogP contribution in [0.4, 0.5) is 11.5 Å². The molecule has 7 nitrogen and oxygen atoms in total. The zero-order valence-corrected chi connectivity index (χ0v) is 15.8. The summed E-state index contributed by atoms with van der Waals surface area (Å²) in [5.74, 6) is 3.56. The molecule has 4 rings (SSSR count). The summed E-state index contributed by atoms with van der Waals surface area (Å²) in [6.07, 6.45) is 4.84. The fraction of sp³-hybridized carbons (Fsp3) is 0.263. The number of anilines is 2. The number of benzene rings is 1. The van der Waals surface area contributed by atoms with Crippen molar-refractivity contribution in [2.24, 2.45) is 0 Å². The lowest BCUT2D eigenvalue weighted by Crippen LogP contribution is -2.33. The maximum Gasteiger partial charge on any atom is 0.275 e. The van der Waals surface area contributed by atoms with Gasteiger partial charge in [0, 0.05) is 42.5 Å². The van der Waals surface area contributed by atoms with Crippen LogP contribution in [0.1, 0.15) is 16.1 Å². The van der Waals surface area contributed by atoms with E-state index in [1.807, 2.05) is 49.0 Å². The second-order valence-corrected chi connectivity index (χ2v) is 7.55. The van der Waals surface area contributed by atoms with Crippen LogP contribution in [0.15, 0.2) is 49.2 Å². The summed E-state index contributed by atoms with van der Waals surface area (Å²) in [5.41, 5.74) is 2.18. The molecule has 1 aromatic carbocycles. The number of aryl methyl sites for hydroxylation is 1. The van der Waals surface area contributed by atoms with Crippen molar-refractivity contribution in [1.82, 2.24) is 19.5 Å². The van der Waals surface area contributed by atoms with Crippen molar-refractivity contribution in [3.63, 3.8) is 0 Å². The van der Waals surface area contributed by atoms with E-state index in [0.717, 1.165) is 41.7 Å². The summed E-state index contributed by atoms with van der Waals surface area (Å²) in [6.45, 7) is 3.95. The van der Waals surface area contributed by atoms with Crippen molar-refractivity contribution in [1.29, 1.82) is 0 Å². The van der Waals surface area contributed by atoms with Crippen LogP contribution in [-0.4, -0.2) is 50.0 Å². The van der Waals surface area contributed by atoms with Crippen molar-refractivity contribution >= 4 is 29.2 Å². The molecule has 1 aliphatic rings. The lowest BCUT2D eigenvalue weighted by Gasteiger charge is -2.27. The molecule has 0 aliphatic carbocycles. The highest BCUT2D eigenvalue weighted by Gasteiger charge is 2.15. The van der Waals surface area contributed by atoms with Gasteiger partial charge in [0.05, 0.1) is 0 Å². The second-order valence-electron chi connectivity index (χ2n) is 6.32. The summed E-state index contributed by atoms with van der Waals surface area (Å²) in [5, 5.41) is 2.87. The van der Waals surface area contributed by atoms with E-state index >= 15 is 0 Å². The lowest BCUT2D eigenvalue weighted by atomic mass is 10.2. The molecule has 0 spiro atoms. The molecule has 1 N–H and O–H groups in total. The third-order valence-electron chi connectivity index (χ3n) is 4.33. The number of rotatable bonds is 4. The number of aromatic nitrogens is 4. The molecule has 8 heteroatoms. The standard InChI is InChI=1S/C19H20N6OS/c1-14-3-2-4-15(9-14)23-19(26)16-11-25(13-22-16)18-10-17(20-12-21-18)24-5-7-27-8-6-24/h2-4,9-13H,5-8H2,1H3,(H,23,26). The van der Waals surface area contributed by atoms with Gasteiger partial charge in [-0.2, -0.15) is 11.8 Å². The van der Waals surface area contributed by atoms with E-state index in [-0.39, 0.29) is 5.91 Å². The average molecular weight is 380 g/mol. The molecule has 138 valence electrons. The van der Waals surface area contributed by atoms with Gasteiger partial charge in [-0.1, -0.05) is 12.1 Å². The van der Waals surface area contributed by atoms with Crippen molar-refractivity contribution in [3.05, 3.63) is 60.4 Å². The molecule has 1 saturated heterocycles. The Morgan fingerprint density at radius 1 is 1.11 bits per heavy atom. The number of hydrogen-bond acceptors (Lipinski definition) is 6. The number of amides is 1. The van der Waals surface area contributed by atoms with E-state index in [9.17, 15) is 4.79 Å². The SMILES string of the molecule is Cc1cccc(NC(=O)c2cn(-c3cc(N4CCSCC4)ncn3)cn2)c1. The van der Waals surface area contributed by atoms with E-state index in [2.05, 4.69) is 25.2 Å². The first-order chi connectivity index (χ1) is 13.2. The number of imidazole rings is 1. The summed E-state index contributed by atoms with van der Waals surface area (Å²) in [6, 6.07) is 9.60. The van der Waals surface area contributed by atoms with Gasteiger partial charge in [0.15, 0.2) is 0 Å². The molecule has 1 fully saturated rings. The molecule has 1 amide bonds. The molecule has 27 heavy (non-hydrogen) atoms. The third-order valence-corrected chi connectivity index (χ3v) is 5.27. The first kappa shape index (κ1) is 17.5. The molecule has 3 aromatic rings. The fourth-order valence-corrected chi connectivity index (χ4v) is 3.83. The lowest BCUT2D eigenvalue weighted by molar-refractivity contribution is 0.102. The average Bonchev–Trinajstić information content (AvgIpc) is 3.19. The Bertz CT molecular complexity index is 951. The van der Waals surface area contributed by atoms with Gasteiger partial charge in [-0.15, -0.1) is 0 Å². The van der Waals surface area contributed by atoms with Crippen LogP contribution in [-0.2, 0) is 0 Å². The molecule has 0 radical (unpaired) electrons. The maximum absolute atomic E-state index is 12.5. The monoisotopic (exact) mass is 380 g/mol. The van der Waals surface area contributed by atoms with E-state index in [4.69, 9.17) is 0 Å². The molecule has 0 bridgehead atoms. The zero-order valence-electron chi connectivity index (χ0n) is 15.0. The van der Waals surface area contributed by atoms with E-state index in [1.165, 1.54) is 0 Å². The molecular formula is C19H20N6OS. The van der Waals surface area contributed by atoms with Gasteiger partial charge in [-0.05, 0) is 24.6 Å². The Hall–Kier alpha value is -2.87. The first-order valence-electron chi connectivity index (χ1n) is 8.76.